The van der Waals surface area contributed by atoms with E-state index in [1.54, 1.807) is 10.9 Å². The maximum absolute atomic E-state index is 11.6. The standard InChI is InChI=1S/C23H27N7O2/c1-15-4-6-16(7-5-15)13-30-22(24)21(12-26-30)27-19-9-8-17(11-20(19)28-23(25)32)29-10-2-3-18(29)14-31/h4-9,11-12,18,31H,2-3,10,13-14H2,1H3,(H4,24,25,26,28,32)/p+1. The zero-order valence-corrected chi connectivity index (χ0v) is 18.0. The number of nitrogens with one attached hydrogen (secondary N) is 1. The van der Waals surface area contributed by atoms with Gasteiger partial charge in [-0.2, -0.15) is 0 Å². The minimum atomic E-state index is -0.679. The summed E-state index contributed by atoms with van der Waals surface area (Å²) in [5, 5.41) is 16.7. The Kier molecular flexibility index (Phi) is 6.18. The zero-order valence-electron chi connectivity index (χ0n) is 18.0. The molecule has 1 saturated heterocycles. The molecule has 0 spiro atoms. The summed E-state index contributed by atoms with van der Waals surface area (Å²) in [5.74, 6) is 0.430. The number of amides is 2. The highest BCUT2D eigenvalue weighted by molar-refractivity contribution is 6.62. The first-order chi connectivity index (χ1) is 15.4. The van der Waals surface area contributed by atoms with Gasteiger partial charge in [-0.3, -0.25) is 5.73 Å². The minimum absolute atomic E-state index is 0.0647. The van der Waals surface area contributed by atoms with Gasteiger partial charge >= 0.3 is 11.9 Å². The van der Waals surface area contributed by atoms with E-state index in [1.807, 2.05) is 49.4 Å². The maximum Gasteiger partial charge on any atom is 0.321 e. The predicted octanol–water partition coefficient (Wildman–Crippen LogP) is 2.09. The van der Waals surface area contributed by atoms with Crippen molar-refractivity contribution in [2.24, 2.45) is 21.6 Å². The van der Waals surface area contributed by atoms with Gasteiger partial charge in [0.05, 0.1) is 24.0 Å². The fourth-order valence-electron chi connectivity index (χ4n) is 3.99. The van der Waals surface area contributed by atoms with E-state index in [0.29, 0.717) is 29.5 Å². The normalized spacial score (nSPS) is 19.2. The van der Waals surface area contributed by atoms with Crippen LogP contribution in [-0.4, -0.2) is 52.8 Å². The highest BCUT2D eigenvalue weighted by Gasteiger charge is 2.26. The fourth-order valence-corrected chi connectivity index (χ4v) is 3.99. The number of carbonyl (C=O) groups excluding carboxylic acids is 1. The topological polar surface area (TPSA) is 132 Å². The fraction of sp³-hybridized carbons (Fsp3) is 0.304. The number of carbonyl (C=O) groups is 1. The van der Waals surface area contributed by atoms with Gasteiger partial charge in [-0.05, 0) is 43.5 Å². The number of hydrogen-bond donors (Lipinski definition) is 4. The number of aryl methyl sites for hydroxylation is 1. The number of amidine groups is 1. The van der Waals surface area contributed by atoms with E-state index in [4.69, 9.17) is 11.5 Å². The van der Waals surface area contributed by atoms with Crippen LogP contribution < -0.4 is 21.7 Å². The number of urea groups is 1. The molecule has 2 aliphatic heterocycles. The number of aliphatic hydroxyl groups is 1. The van der Waals surface area contributed by atoms with E-state index < -0.39 is 6.03 Å². The SMILES string of the molecule is Cc1ccc(C[N+]2=C(N)C(=Nc3ccc(N4CCCC4CO)cc3NC(N)=O)C=N2)cc1. The number of primary amides is 1. The van der Waals surface area contributed by atoms with Crippen molar-refractivity contribution in [3.8, 4) is 0 Å². The predicted molar refractivity (Wildman–Crippen MR) is 127 cm³/mol. The third-order valence-electron chi connectivity index (χ3n) is 5.71. The molecule has 0 radical (unpaired) electrons. The molecule has 4 rings (SSSR count). The van der Waals surface area contributed by atoms with E-state index in [1.165, 1.54) is 5.56 Å². The molecule has 1 unspecified atom stereocenters. The van der Waals surface area contributed by atoms with Gasteiger partial charge in [0.15, 0.2) is 5.71 Å². The minimum Gasteiger partial charge on any atom is -0.394 e. The number of aliphatic imine (C=N–C) groups is 1. The molecule has 0 aliphatic carbocycles. The van der Waals surface area contributed by atoms with E-state index in [0.717, 1.165) is 30.6 Å². The van der Waals surface area contributed by atoms with Crippen LogP contribution in [0, 0.1) is 6.92 Å². The molecule has 1 atom stereocenters. The largest absolute Gasteiger partial charge is 0.394 e. The molecular formula is C23H28N7O2+. The van der Waals surface area contributed by atoms with Gasteiger partial charge in [0, 0.05) is 12.2 Å². The second-order valence-electron chi connectivity index (χ2n) is 8.03. The van der Waals surface area contributed by atoms with Crippen molar-refractivity contribution in [3.05, 3.63) is 53.6 Å². The van der Waals surface area contributed by atoms with E-state index in [-0.39, 0.29) is 12.6 Å². The number of benzene rings is 2. The Balaban J connectivity index is 1.62. The Labute approximate surface area is 186 Å². The van der Waals surface area contributed by atoms with Gasteiger partial charge in [-0.25, -0.2) is 9.79 Å². The Morgan fingerprint density at radius 2 is 2.09 bits per heavy atom. The van der Waals surface area contributed by atoms with Crippen molar-refractivity contribution in [1.82, 2.24) is 0 Å². The number of aliphatic hydroxyl groups excluding tert-OH is 1. The van der Waals surface area contributed by atoms with Crippen molar-refractivity contribution in [1.29, 1.82) is 0 Å². The molecule has 32 heavy (non-hydrogen) atoms. The smallest absolute Gasteiger partial charge is 0.321 e. The maximum atomic E-state index is 11.6. The summed E-state index contributed by atoms with van der Waals surface area (Å²) >= 11 is 0. The lowest BCUT2D eigenvalue weighted by atomic mass is 10.1. The number of hydrazone groups is 1. The Morgan fingerprint density at radius 1 is 1.31 bits per heavy atom. The highest BCUT2D eigenvalue weighted by Crippen LogP contribution is 2.33. The molecule has 0 saturated carbocycles. The summed E-state index contributed by atoms with van der Waals surface area (Å²) in [6.45, 7) is 3.50. The van der Waals surface area contributed by atoms with Crippen LogP contribution in [-0.2, 0) is 6.54 Å². The number of anilines is 2. The van der Waals surface area contributed by atoms with Crippen LogP contribution in [0.5, 0.6) is 0 Å². The van der Waals surface area contributed by atoms with E-state index in [9.17, 15) is 9.90 Å². The van der Waals surface area contributed by atoms with Gasteiger partial charge in [0.1, 0.15) is 12.8 Å². The Morgan fingerprint density at radius 3 is 2.81 bits per heavy atom. The van der Waals surface area contributed by atoms with Crippen LogP contribution in [0.25, 0.3) is 0 Å². The zero-order chi connectivity index (χ0) is 22.7. The van der Waals surface area contributed by atoms with Crippen LogP contribution in [0.3, 0.4) is 0 Å². The molecular weight excluding hydrogens is 406 g/mol. The van der Waals surface area contributed by atoms with E-state index in [2.05, 4.69) is 20.3 Å². The molecule has 2 aromatic carbocycles. The second-order valence-corrected chi connectivity index (χ2v) is 8.03. The van der Waals surface area contributed by atoms with Crippen molar-refractivity contribution < 1.29 is 14.6 Å². The Hall–Kier alpha value is -3.72. The van der Waals surface area contributed by atoms with Crippen LogP contribution in [0.4, 0.5) is 21.9 Å². The van der Waals surface area contributed by atoms with Gasteiger partial charge in [0.2, 0.25) is 0 Å². The van der Waals surface area contributed by atoms with Crippen molar-refractivity contribution in [2.75, 3.05) is 23.4 Å². The quantitative estimate of drug-likeness (QED) is 0.518. The summed E-state index contributed by atoms with van der Waals surface area (Å²) in [6.07, 6.45) is 3.54. The molecule has 2 aliphatic rings. The van der Waals surface area contributed by atoms with Gasteiger partial charge < -0.3 is 21.1 Å². The molecule has 2 aromatic rings. The number of nitrogens with two attached hydrogens (primary N) is 2. The third kappa shape index (κ3) is 4.62. The molecule has 0 aromatic heterocycles. The first kappa shape index (κ1) is 21.5. The van der Waals surface area contributed by atoms with Crippen molar-refractivity contribution in [3.63, 3.8) is 0 Å². The molecule has 1 fully saturated rings. The summed E-state index contributed by atoms with van der Waals surface area (Å²) < 4.78 is 1.69. The number of rotatable bonds is 6. The lowest BCUT2D eigenvalue weighted by molar-refractivity contribution is -0.546. The lowest BCUT2D eigenvalue weighted by Crippen LogP contribution is -2.32. The summed E-state index contributed by atoms with van der Waals surface area (Å²) in [4.78, 5) is 18.4. The van der Waals surface area contributed by atoms with Gasteiger partial charge in [0.25, 0.3) is 0 Å². The van der Waals surface area contributed by atoms with Crippen LogP contribution in [0.15, 0.2) is 52.6 Å². The first-order valence-electron chi connectivity index (χ1n) is 10.6. The Bertz CT molecular complexity index is 1110. The van der Waals surface area contributed by atoms with Crippen LogP contribution >= 0.6 is 0 Å². The number of hydrogen-bond acceptors (Lipinski definition) is 6. The molecule has 2 heterocycles. The second kappa shape index (κ2) is 9.19. The number of nitrogens with zero attached hydrogens (tertiary/aromatic N) is 4. The summed E-state index contributed by atoms with van der Waals surface area (Å²) in [7, 11) is 0. The molecule has 0 bridgehead atoms. The van der Waals surface area contributed by atoms with Gasteiger partial charge in [-0.1, -0.05) is 34.9 Å². The summed E-state index contributed by atoms with van der Waals surface area (Å²) in [6, 6.07) is 13.1. The third-order valence-corrected chi connectivity index (χ3v) is 5.71. The lowest BCUT2D eigenvalue weighted by Gasteiger charge is -2.26. The molecule has 9 nitrogen and oxygen atoms in total. The van der Waals surface area contributed by atoms with Crippen molar-refractivity contribution >= 4 is 40.9 Å². The first-order valence-corrected chi connectivity index (χ1v) is 10.6. The van der Waals surface area contributed by atoms with Crippen LogP contribution in [0.1, 0.15) is 24.0 Å². The van der Waals surface area contributed by atoms with Crippen LogP contribution in [0.2, 0.25) is 0 Å². The molecule has 2 amide bonds. The molecule has 9 heteroatoms. The highest BCUT2D eigenvalue weighted by atomic mass is 16.3. The molecule has 166 valence electrons. The van der Waals surface area contributed by atoms with Crippen molar-refractivity contribution in [2.45, 2.75) is 32.4 Å². The van der Waals surface area contributed by atoms with Gasteiger partial charge in [-0.15, -0.1) is 4.68 Å². The summed E-state index contributed by atoms with van der Waals surface area (Å²) in [5.41, 5.74) is 16.4. The average Bonchev–Trinajstić information content (AvgIpc) is 3.38. The van der Waals surface area contributed by atoms with E-state index >= 15 is 0 Å². The monoisotopic (exact) mass is 434 g/mol. The average molecular weight is 435 g/mol. The molecule has 6 N–H and O–H groups in total.